The van der Waals surface area contributed by atoms with Crippen molar-refractivity contribution < 1.29 is 27.5 Å². The number of benzene rings is 1. The van der Waals surface area contributed by atoms with Crippen molar-refractivity contribution in [3.05, 3.63) is 29.6 Å². The molecule has 0 unspecified atom stereocenters. The quantitative estimate of drug-likeness (QED) is 0.836. The van der Waals surface area contributed by atoms with E-state index in [1.165, 1.54) is 12.1 Å². The first-order valence-electron chi connectivity index (χ1n) is 9.07. The van der Waals surface area contributed by atoms with Gasteiger partial charge in [-0.05, 0) is 50.8 Å². The fourth-order valence-corrected chi connectivity index (χ4v) is 5.55. The van der Waals surface area contributed by atoms with Crippen LogP contribution in [0.3, 0.4) is 0 Å². The Morgan fingerprint density at radius 3 is 2.41 bits per heavy atom. The number of piperidine rings is 1. The maximum absolute atomic E-state index is 14.5. The molecule has 1 N–H and O–H groups in total. The molecule has 3 rings (SSSR count). The highest BCUT2D eigenvalue weighted by atomic mass is 32.2. The average Bonchev–Trinajstić information content (AvgIpc) is 3.15. The Bertz CT molecular complexity index is 851. The summed E-state index contributed by atoms with van der Waals surface area (Å²) in [6.45, 7) is 2.88. The normalized spacial score (nSPS) is 24.1. The second-order valence-corrected chi connectivity index (χ2v) is 8.97. The summed E-state index contributed by atoms with van der Waals surface area (Å²) in [5.74, 6) is -3.16. The van der Waals surface area contributed by atoms with Crippen LogP contribution in [0.4, 0.5) is 4.39 Å². The van der Waals surface area contributed by atoms with E-state index < -0.39 is 39.7 Å². The van der Waals surface area contributed by atoms with Gasteiger partial charge in [-0.25, -0.2) is 12.8 Å². The summed E-state index contributed by atoms with van der Waals surface area (Å²) in [5, 5.41) is 9.28. The average molecular weight is 398 g/mol. The number of carbonyl (C=O) groups is 2. The van der Waals surface area contributed by atoms with Crippen molar-refractivity contribution in [2.75, 3.05) is 19.6 Å². The minimum absolute atomic E-state index is 0.147. The molecule has 27 heavy (non-hydrogen) atoms. The monoisotopic (exact) mass is 398 g/mol. The van der Waals surface area contributed by atoms with E-state index in [0.29, 0.717) is 25.9 Å². The van der Waals surface area contributed by atoms with Crippen molar-refractivity contribution in [2.24, 2.45) is 5.92 Å². The van der Waals surface area contributed by atoms with Crippen molar-refractivity contribution in [3.8, 4) is 0 Å². The van der Waals surface area contributed by atoms with Crippen molar-refractivity contribution in [1.82, 2.24) is 9.21 Å². The molecule has 1 aromatic carbocycles. The van der Waals surface area contributed by atoms with Gasteiger partial charge in [-0.15, -0.1) is 0 Å². The molecule has 0 radical (unpaired) electrons. The van der Waals surface area contributed by atoms with Crippen molar-refractivity contribution in [2.45, 2.75) is 43.5 Å². The number of carboxylic acids is 1. The lowest BCUT2D eigenvalue weighted by Crippen LogP contribution is -2.49. The largest absolute Gasteiger partial charge is 0.481 e. The number of likely N-dealkylation sites (tertiary alicyclic amines) is 1. The number of nitrogens with zero attached hydrogens (tertiary/aromatic N) is 2. The van der Waals surface area contributed by atoms with Crippen LogP contribution in [0.25, 0.3) is 0 Å². The molecule has 9 heteroatoms. The van der Waals surface area contributed by atoms with Gasteiger partial charge in [0.05, 0.1) is 16.4 Å². The summed E-state index contributed by atoms with van der Waals surface area (Å²) in [4.78, 5) is 25.0. The van der Waals surface area contributed by atoms with Crippen LogP contribution >= 0.6 is 0 Å². The van der Waals surface area contributed by atoms with Gasteiger partial charge in [0.2, 0.25) is 10.0 Å². The van der Waals surface area contributed by atoms with Gasteiger partial charge in [0.1, 0.15) is 5.82 Å². The summed E-state index contributed by atoms with van der Waals surface area (Å²) in [6, 6.07) is 2.55. The van der Waals surface area contributed by atoms with Gasteiger partial charge in [-0.2, -0.15) is 4.31 Å². The van der Waals surface area contributed by atoms with Crippen molar-refractivity contribution in [1.29, 1.82) is 0 Å². The number of hydrogen-bond acceptors (Lipinski definition) is 4. The third-order valence-corrected chi connectivity index (χ3v) is 7.40. The fourth-order valence-electron chi connectivity index (χ4n) is 3.84. The van der Waals surface area contributed by atoms with E-state index in [1.807, 2.05) is 0 Å². The first kappa shape index (κ1) is 19.8. The maximum atomic E-state index is 14.5. The lowest BCUT2D eigenvalue weighted by Gasteiger charge is -2.36. The van der Waals surface area contributed by atoms with Crippen LogP contribution in [-0.2, 0) is 14.8 Å². The molecule has 0 aliphatic carbocycles. The lowest BCUT2D eigenvalue weighted by molar-refractivity contribution is -0.144. The zero-order chi connectivity index (χ0) is 19.8. The zero-order valence-corrected chi connectivity index (χ0v) is 15.9. The van der Waals surface area contributed by atoms with Crippen LogP contribution in [0.15, 0.2) is 23.1 Å². The number of rotatable bonds is 4. The Morgan fingerprint density at radius 2 is 1.81 bits per heavy atom. The molecule has 2 heterocycles. The van der Waals surface area contributed by atoms with Crippen LogP contribution in [0.1, 0.15) is 43.0 Å². The molecule has 2 atom stereocenters. The molecule has 0 saturated carbocycles. The third-order valence-electron chi connectivity index (χ3n) is 5.42. The van der Waals surface area contributed by atoms with E-state index in [0.717, 1.165) is 23.2 Å². The zero-order valence-electron chi connectivity index (χ0n) is 15.1. The highest BCUT2D eigenvalue weighted by Crippen LogP contribution is 2.30. The summed E-state index contributed by atoms with van der Waals surface area (Å²) in [6.07, 6.45) is 2.57. The summed E-state index contributed by atoms with van der Waals surface area (Å²) >= 11 is 0. The molecular weight excluding hydrogens is 375 g/mol. The minimum atomic E-state index is -4.06. The van der Waals surface area contributed by atoms with Gasteiger partial charge < -0.3 is 10.0 Å². The van der Waals surface area contributed by atoms with Gasteiger partial charge in [0.25, 0.3) is 5.91 Å². The van der Waals surface area contributed by atoms with E-state index in [4.69, 9.17) is 0 Å². The number of amides is 1. The smallest absolute Gasteiger partial charge is 0.308 e. The van der Waals surface area contributed by atoms with E-state index in [-0.39, 0.29) is 17.0 Å². The number of carbonyl (C=O) groups excluding carboxylic acids is 1. The third kappa shape index (κ3) is 3.70. The van der Waals surface area contributed by atoms with E-state index in [2.05, 4.69) is 0 Å². The van der Waals surface area contributed by atoms with Crippen LogP contribution < -0.4 is 0 Å². The number of aliphatic carboxylic acids is 1. The molecule has 0 spiro atoms. The molecule has 2 saturated heterocycles. The number of halogens is 1. The predicted octanol–water partition coefficient (Wildman–Crippen LogP) is 1.94. The molecular formula is C18H23FN2O5S. The van der Waals surface area contributed by atoms with Crippen molar-refractivity contribution >= 4 is 21.9 Å². The molecule has 2 aliphatic heterocycles. The van der Waals surface area contributed by atoms with Gasteiger partial charge in [0, 0.05) is 25.7 Å². The first-order chi connectivity index (χ1) is 12.7. The highest BCUT2D eigenvalue weighted by Gasteiger charge is 2.39. The molecule has 2 fully saturated rings. The highest BCUT2D eigenvalue weighted by molar-refractivity contribution is 7.89. The van der Waals surface area contributed by atoms with Crippen LogP contribution in [0.5, 0.6) is 0 Å². The van der Waals surface area contributed by atoms with Crippen LogP contribution in [0.2, 0.25) is 0 Å². The lowest BCUT2D eigenvalue weighted by atomic mass is 9.92. The second kappa shape index (κ2) is 7.55. The summed E-state index contributed by atoms with van der Waals surface area (Å²) in [7, 11) is -4.06. The predicted molar refractivity (Wildman–Crippen MR) is 95.3 cm³/mol. The van der Waals surface area contributed by atoms with Gasteiger partial charge in [-0.1, -0.05) is 0 Å². The molecule has 0 bridgehead atoms. The molecule has 148 valence electrons. The maximum Gasteiger partial charge on any atom is 0.308 e. The molecule has 7 nitrogen and oxygen atoms in total. The van der Waals surface area contributed by atoms with Crippen LogP contribution in [0, 0.1) is 11.7 Å². The SMILES string of the molecule is C[C@@H]1[C@H](C(=O)O)CCCN1S(=O)(=O)c1ccc(C(=O)N2CCCC2)c(F)c1. The number of hydrogen-bond donors (Lipinski definition) is 1. The first-order valence-corrected chi connectivity index (χ1v) is 10.5. The second-order valence-electron chi connectivity index (χ2n) is 7.08. The minimum Gasteiger partial charge on any atom is -0.481 e. The Morgan fingerprint density at radius 1 is 1.15 bits per heavy atom. The van der Waals surface area contributed by atoms with Crippen molar-refractivity contribution in [3.63, 3.8) is 0 Å². The molecule has 0 aromatic heterocycles. The molecule has 1 amide bonds. The van der Waals surface area contributed by atoms with Gasteiger partial charge in [-0.3, -0.25) is 9.59 Å². The van der Waals surface area contributed by atoms with E-state index in [9.17, 15) is 27.5 Å². The van der Waals surface area contributed by atoms with Gasteiger partial charge >= 0.3 is 5.97 Å². The Labute approximate surface area is 157 Å². The number of sulfonamides is 1. The Hall–Kier alpha value is -2.00. The van der Waals surface area contributed by atoms with Gasteiger partial charge in [0.15, 0.2) is 0 Å². The Balaban J connectivity index is 1.87. The fraction of sp³-hybridized carbons (Fsp3) is 0.556. The van der Waals surface area contributed by atoms with E-state index >= 15 is 0 Å². The standard InChI is InChI=1S/C18H23FN2O5S/c1-12-14(18(23)24)5-4-10-21(12)27(25,26)13-6-7-15(16(19)11-13)17(22)20-8-2-3-9-20/h6-7,11-12,14H,2-5,8-10H2,1H3,(H,23,24)/t12-,14-/m1/s1. The summed E-state index contributed by atoms with van der Waals surface area (Å²) < 4.78 is 41.5. The van der Waals surface area contributed by atoms with Crippen LogP contribution in [-0.4, -0.2) is 60.3 Å². The number of carboxylic acid groups (broad SMARTS) is 1. The van der Waals surface area contributed by atoms with E-state index in [1.54, 1.807) is 11.8 Å². The summed E-state index contributed by atoms with van der Waals surface area (Å²) in [5.41, 5.74) is -0.147. The topological polar surface area (TPSA) is 95.0 Å². The molecule has 1 aromatic rings. The molecule has 2 aliphatic rings. The Kier molecular flexibility index (Phi) is 5.53.